The summed E-state index contributed by atoms with van der Waals surface area (Å²) in [5.74, 6) is 0.0692. The number of hydrogen-bond donors (Lipinski definition) is 1. The van der Waals surface area contributed by atoms with Crippen molar-refractivity contribution in [3.63, 3.8) is 0 Å². The predicted octanol–water partition coefficient (Wildman–Crippen LogP) is 2.65. The van der Waals surface area contributed by atoms with Gasteiger partial charge in [0, 0.05) is 22.1 Å². The summed E-state index contributed by atoms with van der Waals surface area (Å²) in [5, 5.41) is 7.42. The van der Waals surface area contributed by atoms with Crippen LogP contribution in [0.4, 0.5) is 5.69 Å². The molecule has 2 aromatic heterocycles. The van der Waals surface area contributed by atoms with Gasteiger partial charge in [0.15, 0.2) is 0 Å². The Hall–Kier alpha value is -2.47. The Balaban J connectivity index is 1.93. The molecule has 0 aliphatic rings. The molecule has 0 unspecified atom stereocenters. The number of halogens is 1. The number of benzene rings is 1. The minimum absolute atomic E-state index is 0.0659. The SMILES string of the molecule is Cc1cc(C)n2nc(C(=O)Nc3cccc(Cl)c3)nc2n1. The molecule has 6 nitrogen and oxygen atoms in total. The van der Waals surface area contributed by atoms with Crippen molar-refractivity contribution in [1.82, 2.24) is 19.6 Å². The molecule has 0 radical (unpaired) electrons. The summed E-state index contributed by atoms with van der Waals surface area (Å²) in [6.07, 6.45) is 0. The van der Waals surface area contributed by atoms with E-state index < -0.39 is 5.91 Å². The number of nitrogens with zero attached hydrogens (tertiary/aromatic N) is 4. The number of amides is 1. The highest BCUT2D eigenvalue weighted by atomic mass is 35.5. The third kappa shape index (κ3) is 2.71. The second-order valence-corrected chi connectivity index (χ2v) is 5.09. The third-order valence-corrected chi connectivity index (χ3v) is 3.14. The Morgan fingerprint density at radius 1 is 1.24 bits per heavy atom. The van der Waals surface area contributed by atoms with Crippen molar-refractivity contribution in [2.75, 3.05) is 5.32 Å². The Labute approximate surface area is 125 Å². The van der Waals surface area contributed by atoms with Gasteiger partial charge in [0.2, 0.25) is 5.82 Å². The molecule has 1 amide bonds. The number of aromatic nitrogens is 4. The van der Waals surface area contributed by atoms with Gasteiger partial charge in [-0.25, -0.2) is 9.50 Å². The van der Waals surface area contributed by atoms with E-state index in [1.54, 1.807) is 28.8 Å². The van der Waals surface area contributed by atoms with E-state index in [1.165, 1.54) is 0 Å². The normalized spacial score (nSPS) is 10.8. The number of aryl methyl sites for hydroxylation is 2. The number of carbonyl (C=O) groups excluding carboxylic acids is 1. The lowest BCUT2D eigenvalue weighted by molar-refractivity contribution is 0.101. The zero-order valence-corrected chi connectivity index (χ0v) is 12.2. The summed E-state index contributed by atoms with van der Waals surface area (Å²) >= 11 is 5.88. The molecule has 3 rings (SSSR count). The highest BCUT2D eigenvalue weighted by Gasteiger charge is 2.15. The first-order valence-corrected chi connectivity index (χ1v) is 6.69. The van der Waals surface area contributed by atoms with Crippen LogP contribution in [0.25, 0.3) is 5.78 Å². The topological polar surface area (TPSA) is 72.2 Å². The van der Waals surface area contributed by atoms with E-state index in [0.717, 1.165) is 11.4 Å². The van der Waals surface area contributed by atoms with Gasteiger partial charge in [-0.1, -0.05) is 17.7 Å². The van der Waals surface area contributed by atoms with E-state index in [0.29, 0.717) is 16.5 Å². The minimum atomic E-state index is -0.403. The number of hydrogen-bond acceptors (Lipinski definition) is 4. The molecule has 0 saturated heterocycles. The van der Waals surface area contributed by atoms with Crippen molar-refractivity contribution in [2.45, 2.75) is 13.8 Å². The molecule has 21 heavy (non-hydrogen) atoms. The fourth-order valence-electron chi connectivity index (χ4n) is 2.02. The van der Waals surface area contributed by atoms with Crippen molar-refractivity contribution < 1.29 is 4.79 Å². The molecular formula is C14H12ClN5O. The molecule has 0 saturated carbocycles. The summed E-state index contributed by atoms with van der Waals surface area (Å²) in [7, 11) is 0. The quantitative estimate of drug-likeness (QED) is 0.790. The summed E-state index contributed by atoms with van der Waals surface area (Å²) < 4.78 is 1.54. The first kappa shape index (κ1) is 13.5. The van der Waals surface area contributed by atoms with Crippen LogP contribution in [-0.4, -0.2) is 25.5 Å². The lowest BCUT2D eigenvalue weighted by atomic mass is 10.3. The van der Waals surface area contributed by atoms with Crippen LogP contribution < -0.4 is 5.32 Å². The molecule has 0 bridgehead atoms. The van der Waals surface area contributed by atoms with Gasteiger partial charge in [-0.3, -0.25) is 4.79 Å². The van der Waals surface area contributed by atoms with Crippen molar-refractivity contribution in [1.29, 1.82) is 0 Å². The molecule has 0 aliphatic heterocycles. The van der Waals surface area contributed by atoms with E-state index in [2.05, 4.69) is 20.4 Å². The maximum Gasteiger partial charge on any atom is 0.295 e. The van der Waals surface area contributed by atoms with Gasteiger partial charge in [0.25, 0.3) is 11.7 Å². The van der Waals surface area contributed by atoms with Crippen LogP contribution in [-0.2, 0) is 0 Å². The van der Waals surface area contributed by atoms with E-state index in [1.807, 2.05) is 19.9 Å². The van der Waals surface area contributed by atoms with Crippen molar-refractivity contribution >= 4 is 29.0 Å². The largest absolute Gasteiger partial charge is 0.319 e. The number of carbonyl (C=O) groups is 1. The Morgan fingerprint density at radius 2 is 2.05 bits per heavy atom. The number of anilines is 1. The maximum absolute atomic E-state index is 12.2. The van der Waals surface area contributed by atoms with Gasteiger partial charge < -0.3 is 5.32 Å². The summed E-state index contributed by atoms with van der Waals surface area (Å²) in [5.41, 5.74) is 2.29. The zero-order chi connectivity index (χ0) is 15.0. The number of fused-ring (bicyclic) bond motifs is 1. The van der Waals surface area contributed by atoms with Gasteiger partial charge in [-0.2, -0.15) is 4.98 Å². The molecule has 7 heteroatoms. The van der Waals surface area contributed by atoms with Crippen LogP contribution in [0.2, 0.25) is 5.02 Å². The fourth-order valence-corrected chi connectivity index (χ4v) is 2.21. The van der Waals surface area contributed by atoms with E-state index in [4.69, 9.17) is 11.6 Å². The van der Waals surface area contributed by atoms with Crippen molar-refractivity contribution in [2.24, 2.45) is 0 Å². The molecule has 3 aromatic rings. The molecule has 0 spiro atoms. The van der Waals surface area contributed by atoms with Gasteiger partial charge in [0.1, 0.15) is 0 Å². The van der Waals surface area contributed by atoms with Crippen LogP contribution in [0.1, 0.15) is 22.0 Å². The van der Waals surface area contributed by atoms with Gasteiger partial charge in [-0.15, -0.1) is 5.10 Å². The van der Waals surface area contributed by atoms with Crippen molar-refractivity contribution in [3.8, 4) is 0 Å². The average Bonchev–Trinajstić information content (AvgIpc) is 2.83. The molecule has 1 N–H and O–H groups in total. The highest BCUT2D eigenvalue weighted by molar-refractivity contribution is 6.30. The predicted molar refractivity (Wildman–Crippen MR) is 79.7 cm³/mol. The smallest absolute Gasteiger partial charge is 0.295 e. The summed E-state index contributed by atoms with van der Waals surface area (Å²) in [6, 6.07) is 8.76. The Kier molecular flexibility index (Phi) is 3.31. The molecule has 0 atom stereocenters. The number of nitrogens with one attached hydrogen (secondary N) is 1. The first-order valence-electron chi connectivity index (χ1n) is 6.31. The standard InChI is InChI=1S/C14H12ClN5O/c1-8-6-9(2)20-14(16-8)18-12(19-20)13(21)17-11-5-3-4-10(15)7-11/h3-7H,1-2H3,(H,17,21). The maximum atomic E-state index is 12.2. The molecular weight excluding hydrogens is 290 g/mol. The van der Waals surface area contributed by atoms with Crippen LogP contribution in [0, 0.1) is 13.8 Å². The Morgan fingerprint density at radius 3 is 2.81 bits per heavy atom. The third-order valence-electron chi connectivity index (χ3n) is 2.90. The van der Waals surface area contributed by atoms with Crippen LogP contribution >= 0.6 is 11.6 Å². The minimum Gasteiger partial charge on any atom is -0.319 e. The molecule has 106 valence electrons. The monoisotopic (exact) mass is 301 g/mol. The lowest BCUT2D eigenvalue weighted by Gasteiger charge is -2.02. The van der Waals surface area contributed by atoms with Gasteiger partial charge in [-0.05, 0) is 38.1 Å². The first-order chi connectivity index (χ1) is 10.0. The summed E-state index contributed by atoms with van der Waals surface area (Å²) in [6.45, 7) is 3.75. The fraction of sp³-hybridized carbons (Fsp3) is 0.143. The summed E-state index contributed by atoms with van der Waals surface area (Å²) in [4.78, 5) is 20.6. The second kappa shape index (κ2) is 5.14. The molecule has 2 heterocycles. The van der Waals surface area contributed by atoms with Crippen LogP contribution in [0.3, 0.4) is 0 Å². The zero-order valence-electron chi connectivity index (χ0n) is 11.5. The second-order valence-electron chi connectivity index (χ2n) is 4.65. The van der Waals surface area contributed by atoms with Crippen LogP contribution in [0.5, 0.6) is 0 Å². The molecule has 0 aliphatic carbocycles. The van der Waals surface area contributed by atoms with Gasteiger partial charge >= 0.3 is 0 Å². The van der Waals surface area contributed by atoms with E-state index >= 15 is 0 Å². The molecule has 1 aromatic carbocycles. The Bertz CT molecular complexity index is 842. The van der Waals surface area contributed by atoms with Gasteiger partial charge in [0.05, 0.1) is 0 Å². The van der Waals surface area contributed by atoms with E-state index in [9.17, 15) is 4.79 Å². The average molecular weight is 302 g/mol. The lowest BCUT2D eigenvalue weighted by Crippen LogP contribution is -2.14. The molecule has 0 fully saturated rings. The van der Waals surface area contributed by atoms with Crippen molar-refractivity contribution in [3.05, 3.63) is 52.6 Å². The van der Waals surface area contributed by atoms with Crippen LogP contribution in [0.15, 0.2) is 30.3 Å². The number of rotatable bonds is 2. The highest BCUT2D eigenvalue weighted by Crippen LogP contribution is 2.15. The van der Waals surface area contributed by atoms with E-state index in [-0.39, 0.29) is 5.82 Å².